The third kappa shape index (κ3) is 4.40. The second-order valence-corrected chi connectivity index (χ2v) is 8.59. The molecule has 0 aliphatic heterocycles. The van der Waals surface area contributed by atoms with E-state index in [0.717, 1.165) is 22.6 Å². The highest BCUT2D eigenvalue weighted by molar-refractivity contribution is 7.99. The Balaban J connectivity index is 1.54. The molecule has 0 saturated carbocycles. The summed E-state index contributed by atoms with van der Waals surface area (Å²) in [5.74, 6) is 0.704. The summed E-state index contributed by atoms with van der Waals surface area (Å²) in [5.41, 5.74) is 3.82. The molecule has 10 heteroatoms. The van der Waals surface area contributed by atoms with E-state index in [2.05, 4.69) is 25.4 Å². The van der Waals surface area contributed by atoms with Gasteiger partial charge in [0.1, 0.15) is 5.82 Å². The van der Waals surface area contributed by atoms with E-state index in [0.29, 0.717) is 27.8 Å². The summed E-state index contributed by atoms with van der Waals surface area (Å²) in [7, 11) is 1.66. The molecule has 3 heterocycles. The van der Waals surface area contributed by atoms with Crippen LogP contribution in [0.5, 0.6) is 0 Å². The number of carbonyl (C=O) groups excluding carboxylic acids is 1. The number of aryl methyl sites for hydroxylation is 4. The quantitative estimate of drug-likeness (QED) is 0.369. The number of hydrogen-bond donors (Lipinski definition) is 1. The van der Waals surface area contributed by atoms with Gasteiger partial charge < -0.3 is 5.32 Å². The number of rotatable bonds is 5. The number of anilines is 1. The first-order chi connectivity index (χ1) is 15.2. The van der Waals surface area contributed by atoms with E-state index in [-0.39, 0.29) is 17.2 Å². The van der Waals surface area contributed by atoms with Crippen LogP contribution in [-0.4, -0.2) is 41.0 Å². The lowest BCUT2D eigenvalue weighted by atomic mass is 10.2. The van der Waals surface area contributed by atoms with Crippen molar-refractivity contribution in [3.8, 4) is 5.95 Å². The van der Waals surface area contributed by atoms with Crippen LogP contribution < -0.4 is 10.9 Å². The SMILES string of the molecule is Cc1ccc2nc(SCC(=O)Nc3cc(C)nn3-c3nc(C)cc(C)n3)n(C)c(=O)c2c1. The van der Waals surface area contributed by atoms with Gasteiger partial charge in [-0.1, -0.05) is 23.4 Å². The largest absolute Gasteiger partial charge is 0.310 e. The molecular formula is C22H23N7O2S. The van der Waals surface area contributed by atoms with Gasteiger partial charge in [0.2, 0.25) is 5.91 Å². The molecule has 0 saturated heterocycles. The Kier molecular flexibility index (Phi) is 5.79. The first-order valence-electron chi connectivity index (χ1n) is 10.0. The van der Waals surface area contributed by atoms with Crippen molar-refractivity contribution in [1.29, 1.82) is 0 Å². The van der Waals surface area contributed by atoms with Gasteiger partial charge in [0.25, 0.3) is 11.5 Å². The van der Waals surface area contributed by atoms with Crippen molar-refractivity contribution in [2.45, 2.75) is 32.9 Å². The fraction of sp³-hybridized carbons (Fsp3) is 0.273. The highest BCUT2D eigenvalue weighted by Gasteiger charge is 2.15. The van der Waals surface area contributed by atoms with E-state index in [9.17, 15) is 9.59 Å². The molecule has 164 valence electrons. The molecule has 3 aromatic heterocycles. The Hall–Kier alpha value is -3.53. The molecule has 4 rings (SSSR count). The molecular weight excluding hydrogens is 426 g/mol. The third-order valence-corrected chi connectivity index (χ3v) is 5.81. The van der Waals surface area contributed by atoms with Gasteiger partial charge >= 0.3 is 0 Å². The molecule has 0 unspecified atom stereocenters. The minimum Gasteiger partial charge on any atom is -0.310 e. The standard InChI is InChI=1S/C22H23N7O2S/c1-12-6-7-17-16(8-12)20(31)28(5)22(25-17)32-11-19(30)26-18-10-15(4)27-29(18)21-23-13(2)9-14(3)24-21/h6-10H,11H2,1-5H3,(H,26,30). The fourth-order valence-corrected chi connectivity index (χ4v) is 4.12. The molecule has 1 aromatic carbocycles. The van der Waals surface area contributed by atoms with Crippen LogP contribution in [0, 0.1) is 27.7 Å². The lowest BCUT2D eigenvalue weighted by Crippen LogP contribution is -2.22. The highest BCUT2D eigenvalue weighted by atomic mass is 32.2. The van der Waals surface area contributed by atoms with Crippen LogP contribution >= 0.6 is 11.8 Å². The summed E-state index contributed by atoms with van der Waals surface area (Å²) in [5, 5.41) is 8.32. The maximum absolute atomic E-state index is 12.7. The Morgan fingerprint density at radius 3 is 2.44 bits per heavy atom. The number of hydrogen-bond acceptors (Lipinski definition) is 7. The normalized spacial score (nSPS) is 11.2. The molecule has 0 spiro atoms. The third-order valence-electron chi connectivity index (χ3n) is 4.78. The van der Waals surface area contributed by atoms with Gasteiger partial charge in [-0.05, 0) is 45.9 Å². The molecule has 0 aliphatic rings. The van der Waals surface area contributed by atoms with Gasteiger partial charge in [-0.2, -0.15) is 9.78 Å². The maximum atomic E-state index is 12.7. The Morgan fingerprint density at radius 1 is 1.00 bits per heavy atom. The molecule has 32 heavy (non-hydrogen) atoms. The van der Waals surface area contributed by atoms with Crippen LogP contribution in [0.4, 0.5) is 5.82 Å². The van der Waals surface area contributed by atoms with Gasteiger partial charge in [0, 0.05) is 24.5 Å². The number of nitrogens with zero attached hydrogens (tertiary/aromatic N) is 6. The van der Waals surface area contributed by atoms with E-state index >= 15 is 0 Å². The lowest BCUT2D eigenvalue weighted by molar-refractivity contribution is -0.113. The van der Waals surface area contributed by atoms with Gasteiger partial charge in [-0.15, -0.1) is 0 Å². The van der Waals surface area contributed by atoms with Crippen LogP contribution in [0.25, 0.3) is 16.9 Å². The summed E-state index contributed by atoms with van der Waals surface area (Å²) in [4.78, 5) is 38.8. The van der Waals surface area contributed by atoms with E-state index in [4.69, 9.17) is 0 Å². The van der Waals surface area contributed by atoms with E-state index in [1.165, 1.54) is 21.0 Å². The van der Waals surface area contributed by atoms with Crippen molar-refractivity contribution >= 4 is 34.4 Å². The lowest BCUT2D eigenvalue weighted by Gasteiger charge is -2.10. The molecule has 0 radical (unpaired) electrons. The fourth-order valence-electron chi connectivity index (χ4n) is 3.35. The Labute approximate surface area is 188 Å². The minimum atomic E-state index is -0.251. The van der Waals surface area contributed by atoms with Gasteiger partial charge in [0.15, 0.2) is 5.16 Å². The predicted molar refractivity (Wildman–Crippen MR) is 124 cm³/mol. The van der Waals surface area contributed by atoms with Gasteiger partial charge in [-0.3, -0.25) is 14.2 Å². The van der Waals surface area contributed by atoms with Crippen LogP contribution in [0.3, 0.4) is 0 Å². The van der Waals surface area contributed by atoms with E-state index < -0.39 is 0 Å². The number of benzene rings is 1. The minimum absolute atomic E-state index is 0.0789. The first-order valence-corrected chi connectivity index (χ1v) is 11.0. The zero-order valence-electron chi connectivity index (χ0n) is 18.5. The Bertz CT molecular complexity index is 1390. The van der Waals surface area contributed by atoms with Gasteiger partial charge in [-0.25, -0.2) is 15.0 Å². The molecule has 1 N–H and O–H groups in total. The number of nitrogens with one attached hydrogen (secondary N) is 1. The number of amides is 1. The molecule has 9 nitrogen and oxygen atoms in total. The molecule has 4 aromatic rings. The van der Waals surface area contributed by atoms with Crippen LogP contribution in [-0.2, 0) is 11.8 Å². The van der Waals surface area contributed by atoms with Crippen molar-refractivity contribution in [2.75, 3.05) is 11.1 Å². The molecule has 0 bridgehead atoms. The van der Waals surface area contributed by atoms with Crippen LogP contribution in [0.2, 0.25) is 0 Å². The van der Waals surface area contributed by atoms with E-state index in [1.807, 2.05) is 52.0 Å². The topological polar surface area (TPSA) is 108 Å². The second-order valence-electron chi connectivity index (χ2n) is 7.65. The van der Waals surface area contributed by atoms with Crippen molar-refractivity contribution in [3.05, 3.63) is 63.3 Å². The average Bonchev–Trinajstić information content (AvgIpc) is 3.09. The number of thioether (sulfide) groups is 1. The first kappa shape index (κ1) is 21.7. The van der Waals surface area contributed by atoms with Crippen molar-refractivity contribution in [2.24, 2.45) is 7.05 Å². The van der Waals surface area contributed by atoms with Crippen molar-refractivity contribution in [1.82, 2.24) is 29.3 Å². The molecule has 0 fully saturated rings. The zero-order valence-corrected chi connectivity index (χ0v) is 19.3. The molecule has 0 atom stereocenters. The smallest absolute Gasteiger partial charge is 0.261 e. The van der Waals surface area contributed by atoms with Crippen LogP contribution in [0.1, 0.15) is 22.6 Å². The molecule has 1 amide bonds. The summed E-state index contributed by atoms with van der Waals surface area (Å²) in [6.07, 6.45) is 0. The monoisotopic (exact) mass is 449 g/mol. The Morgan fingerprint density at radius 2 is 1.72 bits per heavy atom. The number of fused-ring (bicyclic) bond motifs is 1. The molecule has 0 aliphatic carbocycles. The number of aromatic nitrogens is 6. The van der Waals surface area contributed by atoms with Crippen molar-refractivity contribution < 1.29 is 4.79 Å². The number of carbonyl (C=O) groups is 1. The summed E-state index contributed by atoms with van der Waals surface area (Å²) in [6.45, 7) is 7.53. The van der Waals surface area contributed by atoms with E-state index in [1.54, 1.807) is 13.1 Å². The predicted octanol–water partition coefficient (Wildman–Crippen LogP) is 2.87. The second kappa shape index (κ2) is 8.54. The highest BCUT2D eigenvalue weighted by Crippen LogP contribution is 2.20. The summed E-state index contributed by atoms with van der Waals surface area (Å²) in [6, 6.07) is 9.19. The van der Waals surface area contributed by atoms with Crippen molar-refractivity contribution in [3.63, 3.8) is 0 Å². The van der Waals surface area contributed by atoms with Gasteiger partial charge in [0.05, 0.1) is 22.3 Å². The average molecular weight is 450 g/mol. The summed E-state index contributed by atoms with van der Waals surface area (Å²) >= 11 is 1.20. The maximum Gasteiger partial charge on any atom is 0.261 e. The van der Waals surface area contributed by atoms with Crippen LogP contribution in [0.15, 0.2) is 40.3 Å². The summed E-state index contributed by atoms with van der Waals surface area (Å²) < 4.78 is 2.99. The zero-order chi connectivity index (χ0) is 23.0.